The van der Waals surface area contributed by atoms with Gasteiger partial charge in [0, 0.05) is 30.9 Å². The van der Waals surface area contributed by atoms with Gasteiger partial charge >= 0.3 is 0 Å². The van der Waals surface area contributed by atoms with Crippen LogP contribution in [0.15, 0.2) is 54.7 Å². The van der Waals surface area contributed by atoms with E-state index in [1.807, 2.05) is 48.5 Å². The number of nitrogens with one attached hydrogen (secondary N) is 1. The van der Waals surface area contributed by atoms with Crippen LogP contribution >= 0.6 is 0 Å². The van der Waals surface area contributed by atoms with Gasteiger partial charge in [0.15, 0.2) is 0 Å². The minimum absolute atomic E-state index is 0.111. The topological polar surface area (TPSA) is 78.3 Å². The van der Waals surface area contributed by atoms with Crippen LogP contribution in [-0.2, 0) is 7.05 Å². The molecule has 0 unspecified atom stereocenters. The molecule has 0 radical (unpaired) electrons. The third-order valence-corrected chi connectivity index (χ3v) is 5.43. The molecule has 3 aromatic rings. The minimum Gasteiger partial charge on any atom is -0.496 e. The van der Waals surface area contributed by atoms with Gasteiger partial charge in [0.25, 0.3) is 5.91 Å². The number of ether oxygens (including phenoxy) is 2. The Morgan fingerprint density at radius 3 is 2.60 bits per heavy atom. The lowest BCUT2D eigenvalue weighted by Gasteiger charge is -2.29. The Morgan fingerprint density at radius 1 is 1.10 bits per heavy atom. The Morgan fingerprint density at radius 2 is 1.87 bits per heavy atom. The molecule has 1 amide bonds. The highest BCUT2D eigenvalue weighted by atomic mass is 16.5. The Hall–Kier alpha value is -3.35. The number of carbonyl (C=O) groups excluding carboxylic acids is 1. The van der Waals surface area contributed by atoms with Crippen molar-refractivity contribution in [2.24, 2.45) is 7.05 Å². The number of pyridine rings is 1. The van der Waals surface area contributed by atoms with E-state index in [2.05, 4.69) is 15.4 Å². The summed E-state index contributed by atoms with van der Waals surface area (Å²) in [5, 5.41) is 7.66. The minimum atomic E-state index is -0.111. The van der Waals surface area contributed by atoms with Gasteiger partial charge in [0.05, 0.1) is 12.8 Å². The zero-order valence-corrected chi connectivity index (χ0v) is 17.2. The molecule has 156 valence electrons. The molecule has 1 fully saturated rings. The summed E-state index contributed by atoms with van der Waals surface area (Å²) in [6.45, 7) is 0. The molecule has 2 aromatic heterocycles. The Labute approximate surface area is 176 Å². The molecule has 0 aliphatic heterocycles. The summed E-state index contributed by atoms with van der Waals surface area (Å²) < 4.78 is 13.0. The first-order chi connectivity index (χ1) is 14.6. The van der Waals surface area contributed by atoms with Gasteiger partial charge < -0.3 is 14.8 Å². The summed E-state index contributed by atoms with van der Waals surface area (Å²) in [6.07, 6.45) is 5.40. The monoisotopic (exact) mass is 406 g/mol. The average Bonchev–Trinajstić information content (AvgIpc) is 3.17. The molecule has 0 atom stereocenters. The van der Waals surface area contributed by atoms with Crippen molar-refractivity contribution in [2.75, 3.05) is 7.11 Å². The number of methoxy groups -OCH3 is 1. The number of aromatic nitrogens is 3. The van der Waals surface area contributed by atoms with E-state index in [1.165, 1.54) is 0 Å². The number of rotatable bonds is 6. The van der Waals surface area contributed by atoms with Crippen molar-refractivity contribution in [3.63, 3.8) is 0 Å². The van der Waals surface area contributed by atoms with Crippen molar-refractivity contribution in [2.45, 2.75) is 37.8 Å². The molecule has 1 N–H and O–H groups in total. The zero-order valence-electron chi connectivity index (χ0n) is 17.2. The van der Waals surface area contributed by atoms with Gasteiger partial charge in [0.2, 0.25) is 5.88 Å². The van der Waals surface area contributed by atoms with E-state index in [0.29, 0.717) is 17.3 Å². The van der Waals surface area contributed by atoms with Crippen molar-refractivity contribution >= 4 is 5.91 Å². The van der Waals surface area contributed by atoms with Crippen LogP contribution in [0.1, 0.15) is 36.2 Å². The van der Waals surface area contributed by atoms with Crippen LogP contribution in [0.25, 0.3) is 11.3 Å². The van der Waals surface area contributed by atoms with Crippen molar-refractivity contribution in [3.05, 3.63) is 60.4 Å². The summed E-state index contributed by atoms with van der Waals surface area (Å²) in [5.41, 5.74) is 2.11. The fourth-order valence-corrected chi connectivity index (χ4v) is 3.84. The molecule has 1 aliphatic carbocycles. The maximum Gasteiger partial charge on any atom is 0.269 e. The number of carbonyl (C=O) groups is 1. The third kappa shape index (κ3) is 4.45. The Balaban J connectivity index is 1.36. The number of para-hydroxylation sites is 1. The van der Waals surface area contributed by atoms with Crippen LogP contribution in [-0.4, -0.2) is 39.9 Å². The van der Waals surface area contributed by atoms with Gasteiger partial charge in [-0.05, 0) is 49.9 Å². The molecule has 30 heavy (non-hydrogen) atoms. The second kappa shape index (κ2) is 8.98. The number of amides is 1. The second-order valence-electron chi connectivity index (χ2n) is 7.47. The molecule has 2 heterocycles. The molecule has 0 saturated heterocycles. The predicted molar refractivity (Wildman–Crippen MR) is 114 cm³/mol. The van der Waals surface area contributed by atoms with Crippen LogP contribution in [0.5, 0.6) is 11.6 Å². The quantitative estimate of drug-likeness (QED) is 0.677. The highest BCUT2D eigenvalue weighted by Crippen LogP contribution is 2.29. The normalized spacial score (nSPS) is 18.6. The predicted octanol–water partition coefficient (Wildman–Crippen LogP) is 3.61. The molecule has 1 saturated carbocycles. The lowest BCUT2D eigenvalue weighted by Crippen LogP contribution is -2.40. The van der Waals surface area contributed by atoms with E-state index in [0.717, 1.165) is 37.0 Å². The number of benzene rings is 1. The maximum absolute atomic E-state index is 12.9. The molecule has 1 aromatic carbocycles. The highest BCUT2D eigenvalue weighted by Gasteiger charge is 2.25. The molecule has 1 aliphatic rings. The van der Waals surface area contributed by atoms with Gasteiger partial charge in [-0.25, -0.2) is 4.98 Å². The van der Waals surface area contributed by atoms with Crippen LogP contribution in [0.3, 0.4) is 0 Å². The van der Waals surface area contributed by atoms with Crippen LogP contribution in [0.4, 0.5) is 0 Å². The fourth-order valence-electron chi connectivity index (χ4n) is 3.84. The van der Waals surface area contributed by atoms with Crippen LogP contribution < -0.4 is 14.8 Å². The van der Waals surface area contributed by atoms with E-state index < -0.39 is 0 Å². The van der Waals surface area contributed by atoms with Gasteiger partial charge in [-0.15, -0.1) is 0 Å². The first-order valence-electron chi connectivity index (χ1n) is 10.2. The van der Waals surface area contributed by atoms with Crippen molar-refractivity contribution in [3.8, 4) is 22.9 Å². The summed E-state index contributed by atoms with van der Waals surface area (Å²) in [4.78, 5) is 17.1. The van der Waals surface area contributed by atoms with Gasteiger partial charge in [0.1, 0.15) is 17.5 Å². The Bertz CT molecular complexity index is 995. The molecule has 7 heteroatoms. The van der Waals surface area contributed by atoms with E-state index in [9.17, 15) is 4.79 Å². The molecule has 7 nitrogen and oxygen atoms in total. The van der Waals surface area contributed by atoms with E-state index in [1.54, 1.807) is 25.0 Å². The lowest BCUT2D eigenvalue weighted by molar-refractivity contribution is 0.0881. The number of hydrogen-bond donors (Lipinski definition) is 1. The summed E-state index contributed by atoms with van der Waals surface area (Å²) in [6, 6.07) is 15.3. The third-order valence-electron chi connectivity index (χ3n) is 5.43. The Kier molecular flexibility index (Phi) is 5.97. The van der Waals surface area contributed by atoms with Crippen LogP contribution in [0, 0.1) is 0 Å². The van der Waals surface area contributed by atoms with Gasteiger partial charge in [-0.2, -0.15) is 5.10 Å². The van der Waals surface area contributed by atoms with Gasteiger partial charge in [-0.3, -0.25) is 9.48 Å². The van der Waals surface area contributed by atoms with E-state index in [4.69, 9.17) is 9.47 Å². The first-order valence-corrected chi connectivity index (χ1v) is 10.2. The molecular formula is C23H26N4O3. The fraction of sp³-hybridized carbons (Fsp3) is 0.348. The zero-order chi connectivity index (χ0) is 20.9. The second-order valence-corrected chi connectivity index (χ2v) is 7.47. The largest absolute Gasteiger partial charge is 0.496 e. The van der Waals surface area contributed by atoms with Gasteiger partial charge in [-0.1, -0.05) is 18.2 Å². The summed E-state index contributed by atoms with van der Waals surface area (Å²) in [5.74, 6) is 1.28. The maximum atomic E-state index is 12.9. The number of aryl methyl sites for hydroxylation is 1. The van der Waals surface area contributed by atoms with Crippen molar-refractivity contribution < 1.29 is 14.3 Å². The molecule has 0 bridgehead atoms. The highest BCUT2D eigenvalue weighted by molar-refractivity contribution is 5.94. The van der Waals surface area contributed by atoms with Crippen molar-refractivity contribution in [1.82, 2.24) is 20.1 Å². The summed E-state index contributed by atoms with van der Waals surface area (Å²) >= 11 is 0. The van der Waals surface area contributed by atoms with Crippen molar-refractivity contribution in [1.29, 1.82) is 0 Å². The van der Waals surface area contributed by atoms with Crippen LogP contribution in [0.2, 0.25) is 0 Å². The molecule has 4 rings (SSSR count). The summed E-state index contributed by atoms with van der Waals surface area (Å²) in [7, 11) is 3.41. The number of hydrogen-bond acceptors (Lipinski definition) is 5. The number of nitrogens with zero attached hydrogens (tertiary/aromatic N) is 3. The molecule has 0 spiro atoms. The standard InChI is InChI=1S/C23H26N4O3/c1-27-20(15-19(26-27)18-7-3-4-8-21(18)29-2)23(28)25-16-10-12-17(13-11-16)30-22-9-5-6-14-24-22/h3-9,14-17H,10-13H2,1-2H3,(H,25,28). The lowest BCUT2D eigenvalue weighted by atomic mass is 9.93. The van der Waals surface area contributed by atoms with E-state index >= 15 is 0 Å². The van der Waals surface area contributed by atoms with E-state index in [-0.39, 0.29) is 18.1 Å². The average molecular weight is 406 g/mol. The molecular weight excluding hydrogens is 380 g/mol. The first kappa shape index (κ1) is 19.9. The SMILES string of the molecule is COc1ccccc1-c1cc(C(=O)NC2CCC(Oc3ccccn3)CC2)n(C)n1. The smallest absolute Gasteiger partial charge is 0.269 e.